The van der Waals surface area contributed by atoms with E-state index in [4.69, 9.17) is 0 Å². The second kappa shape index (κ2) is 9.04. The summed E-state index contributed by atoms with van der Waals surface area (Å²) in [6.07, 6.45) is 3.97. The molecular weight excluding hydrogens is 302 g/mol. The van der Waals surface area contributed by atoms with E-state index < -0.39 is 0 Å². The number of nitrogens with one attached hydrogen (secondary N) is 1. The first-order valence-corrected chi connectivity index (χ1v) is 8.83. The van der Waals surface area contributed by atoms with E-state index in [0.29, 0.717) is 12.5 Å². The van der Waals surface area contributed by atoms with Crippen LogP contribution in [0, 0.1) is 5.92 Å². The molecule has 1 aromatic rings. The smallest absolute Gasteiger partial charge is 0.317 e. The number of carbonyl (C=O) groups is 1. The Hall–Kier alpha value is -1.59. The molecule has 0 aliphatic heterocycles. The van der Waals surface area contributed by atoms with Crippen LogP contribution in [0.3, 0.4) is 0 Å². The number of rotatable bonds is 6. The minimum atomic E-state index is -0.0135. The van der Waals surface area contributed by atoms with E-state index in [9.17, 15) is 9.90 Å². The van der Waals surface area contributed by atoms with Crippen LogP contribution < -0.4 is 5.32 Å². The molecule has 0 unspecified atom stereocenters. The Morgan fingerprint density at radius 3 is 2.46 bits per heavy atom. The van der Waals surface area contributed by atoms with Gasteiger partial charge in [0.25, 0.3) is 0 Å². The van der Waals surface area contributed by atoms with Gasteiger partial charge in [0.1, 0.15) is 0 Å². The third-order valence-corrected chi connectivity index (χ3v) is 4.88. The lowest BCUT2D eigenvalue weighted by Gasteiger charge is -2.34. The second-order valence-electron chi connectivity index (χ2n) is 7.18. The molecule has 2 N–H and O–H groups in total. The van der Waals surface area contributed by atoms with E-state index in [0.717, 1.165) is 37.8 Å². The predicted octanol–water partition coefficient (Wildman–Crippen LogP) is 2.44. The van der Waals surface area contributed by atoms with Gasteiger partial charge in [-0.1, -0.05) is 24.3 Å². The Kier molecular flexibility index (Phi) is 7.06. The third-order valence-electron chi connectivity index (χ3n) is 4.88. The van der Waals surface area contributed by atoms with Gasteiger partial charge in [-0.15, -0.1) is 0 Å². The lowest BCUT2D eigenvalue weighted by molar-refractivity contribution is 0.134. The predicted molar refractivity (Wildman–Crippen MR) is 96.7 cm³/mol. The molecule has 0 bridgehead atoms. The molecule has 1 aromatic carbocycles. The van der Waals surface area contributed by atoms with Gasteiger partial charge in [-0.05, 0) is 56.8 Å². The van der Waals surface area contributed by atoms with Crippen molar-refractivity contribution in [3.63, 3.8) is 0 Å². The standard InChI is InChI=1S/C19H31N3O2/c1-21(2)13-17-6-4-5-16(11-17)12-20-19(24)22(3)18-9-7-15(14-23)8-10-18/h4-6,11,15,18,23H,7-10,12-14H2,1-3H3,(H,20,24). The highest BCUT2D eigenvalue weighted by atomic mass is 16.3. The first kappa shape index (κ1) is 18.7. The molecule has 2 amide bonds. The second-order valence-corrected chi connectivity index (χ2v) is 7.18. The van der Waals surface area contributed by atoms with Crippen molar-refractivity contribution >= 4 is 6.03 Å². The Balaban J connectivity index is 1.82. The Morgan fingerprint density at radius 2 is 1.83 bits per heavy atom. The summed E-state index contributed by atoms with van der Waals surface area (Å²) in [5, 5.41) is 12.2. The van der Waals surface area contributed by atoms with Crippen molar-refractivity contribution in [2.24, 2.45) is 5.92 Å². The number of urea groups is 1. The van der Waals surface area contributed by atoms with E-state index in [2.05, 4.69) is 36.4 Å². The average Bonchev–Trinajstić information content (AvgIpc) is 2.59. The van der Waals surface area contributed by atoms with Gasteiger partial charge in [-0.3, -0.25) is 0 Å². The molecule has 0 aromatic heterocycles. The lowest BCUT2D eigenvalue weighted by atomic mass is 9.86. The molecule has 5 nitrogen and oxygen atoms in total. The molecule has 0 saturated heterocycles. The molecule has 134 valence electrons. The van der Waals surface area contributed by atoms with Crippen molar-refractivity contribution in [1.82, 2.24) is 15.1 Å². The fourth-order valence-electron chi connectivity index (χ4n) is 3.39. The number of hydrogen-bond donors (Lipinski definition) is 2. The number of nitrogens with zero attached hydrogens (tertiary/aromatic N) is 2. The van der Waals surface area contributed by atoms with Crippen LogP contribution in [-0.4, -0.2) is 54.7 Å². The van der Waals surface area contributed by atoms with Crippen LogP contribution in [-0.2, 0) is 13.1 Å². The maximum Gasteiger partial charge on any atom is 0.317 e. The normalized spacial score (nSPS) is 20.9. The average molecular weight is 333 g/mol. The van der Waals surface area contributed by atoms with Crippen molar-refractivity contribution in [2.45, 2.75) is 44.8 Å². The zero-order valence-corrected chi connectivity index (χ0v) is 15.2. The van der Waals surface area contributed by atoms with Gasteiger partial charge in [-0.2, -0.15) is 0 Å². The Labute approximate surface area is 145 Å². The topological polar surface area (TPSA) is 55.8 Å². The number of carbonyl (C=O) groups excluding carboxylic acids is 1. The Morgan fingerprint density at radius 1 is 1.17 bits per heavy atom. The van der Waals surface area contributed by atoms with Gasteiger partial charge in [-0.25, -0.2) is 4.79 Å². The van der Waals surface area contributed by atoms with Crippen molar-refractivity contribution in [1.29, 1.82) is 0 Å². The molecule has 0 radical (unpaired) electrons. The van der Waals surface area contributed by atoms with Crippen LogP contribution in [0.25, 0.3) is 0 Å². The largest absolute Gasteiger partial charge is 0.396 e. The molecule has 1 aliphatic rings. The summed E-state index contributed by atoms with van der Waals surface area (Å²) in [5.41, 5.74) is 2.38. The van der Waals surface area contributed by atoms with Gasteiger partial charge in [0, 0.05) is 32.8 Å². The van der Waals surface area contributed by atoms with Crippen molar-refractivity contribution in [3.8, 4) is 0 Å². The summed E-state index contributed by atoms with van der Waals surface area (Å²) >= 11 is 0. The van der Waals surface area contributed by atoms with E-state index >= 15 is 0 Å². The molecule has 24 heavy (non-hydrogen) atoms. The first-order valence-electron chi connectivity index (χ1n) is 8.83. The molecule has 1 saturated carbocycles. The fourth-order valence-corrected chi connectivity index (χ4v) is 3.39. The summed E-state index contributed by atoms with van der Waals surface area (Å²) in [7, 11) is 5.98. The van der Waals surface area contributed by atoms with Gasteiger partial charge >= 0.3 is 6.03 Å². The van der Waals surface area contributed by atoms with Crippen LogP contribution in [0.5, 0.6) is 0 Å². The monoisotopic (exact) mass is 333 g/mol. The zero-order chi connectivity index (χ0) is 17.5. The summed E-state index contributed by atoms with van der Waals surface area (Å²) in [4.78, 5) is 16.4. The van der Waals surface area contributed by atoms with E-state index in [1.54, 1.807) is 0 Å². The van der Waals surface area contributed by atoms with Gasteiger partial charge in [0.2, 0.25) is 0 Å². The van der Waals surface area contributed by atoms with Crippen LogP contribution in [0.4, 0.5) is 4.79 Å². The fraction of sp³-hybridized carbons (Fsp3) is 0.632. The summed E-state index contributed by atoms with van der Waals surface area (Å²) in [6, 6.07) is 8.61. The van der Waals surface area contributed by atoms with Gasteiger partial charge < -0.3 is 20.2 Å². The molecule has 5 heteroatoms. The third kappa shape index (κ3) is 5.49. The number of amides is 2. The molecule has 1 aliphatic carbocycles. The van der Waals surface area contributed by atoms with Gasteiger partial charge in [0.15, 0.2) is 0 Å². The van der Waals surface area contributed by atoms with Gasteiger partial charge in [0.05, 0.1) is 0 Å². The molecule has 0 atom stereocenters. The quantitative estimate of drug-likeness (QED) is 0.841. The van der Waals surface area contributed by atoms with Crippen LogP contribution in [0.15, 0.2) is 24.3 Å². The molecular formula is C19H31N3O2. The highest BCUT2D eigenvalue weighted by Gasteiger charge is 2.26. The molecule has 0 spiro atoms. The van der Waals surface area contributed by atoms with Crippen molar-refractivity contribution in [2.75, 3.05) is 27.7 Å². The maximum atomic E-state index is 12.4. The van der Waals surface area contributed by atoms with Crippen LogP contribution in [0.1, 0.15) is 36.8 Å². The molecule has 1 fully saturated rings. The first-order chi connectivity index (χ1) is 11.5. The number of benzene rings is 1. The van der Waals surface area contributed by atoms with E-state index in [-0.39, 0.29) is 18.7 Å². The molecule has 0 heterocycles. The highest BCUT2D eigenvalue weighted by Crippen LogP contribution is 2.26. The SMILES string of the molecule is CN(C)Cc1cccc(CNC(=O)N(C)C2CCC(CO)CC2)c1. The zero-order valence-electron chi connectivity index (χ0n) is 15.2. The molecule has 2 rings (SSSR count). The summed E-state index contributed by atoms with van der Waals surface area (Å²) in [5.74, 6) is 0.414. The number of hydrogen-bond acceptors (Lipinski definition) is 3. The Bertz CT molecular complexity index is 525. The minimum Gasteiger partial charge on any atom is -0.396 e. The number of aliphatic hydroxyl groups is 1. The minimum absolute atomic E-state index is 0.0135. The van der Waals surface area contributed by atoms with Crippen LogP contribution in [0.2, 0.25) is 0 Å². The maximum absolute atomic E-state index is 12.4. The number of aliphatic hydroxyl groups excluding tert-OH is 1. The lowest BCUT2D eigenvalue weighted by Crippen LogP contribution is -2.45. The van der Waals surface area contributed by atoms with Crippen molar-refractivity contribution < 1.29 is 9.90 Å². The van der Waals surface area contributed by atoms with E-state index in [1.807, 2.05) is 24.1 Å². The summed E-state index contributed by atoms with van der Waals surface area (Å²) < 4.78 is 0. The summed E-state index contributed by atoms with van der Waals surface area (Å²) in [6.45, 7) is 1.72. The van der Waals surface area contributed by atoms with E-state index in [1.165, 1.54) is 5.56 Å². The van der Waals surface area contributed by atoms with Crippen LogP contribution >= 0.6 is 0 Å². The highest BCUT2D eigenvalue weighted by molar-refractivity contribution is 5.74. The van der Waals surface area contributed by atoms with Crippen molar-refractivity contribution in [3.05, 3.63) is 35.4 Å².